The molecule has 2 rings (SSSR count). The zero-order chi connectivity index (χ0) is 13.3. The van der Waals surface area contributed by atoms with Crippen LogP contribution in [0, 0.1) is 0 Å². The highest BCUT2D eigenvalue weighted by atomic mass is 35.5. The summed E-state index contributed by atoms with van der Waals surface area (Å²) in [5, 5.41) is 0.636. The van der Waals surface area contributed by atoms with Crippen molar-refractivity contribution in [3.63, 3.8) is 0 Å². The maximum absolute atomic E-state index is 12.5. The number of hydrogen-bond donors (Lipinski definition) is 0. The van der Waals surface area contributed by atoms with Crippen molar-refractivity contribution < 1.29 is 8.78 Å². The zero-order valence-electron chi connectivity index (χ0n) is 10.1. The van der Waals surface area contributed by atoms with Gasteiger partial charge in [0.25, 0.3) is 6.43 Å². The fraction of sp³-hybridized carbons (Fsp3) is 0.308. The van der Waals surface area contributed by atoms with Crippen LogP contribution >= 0.6 is 11.6 Å². The Morgan fingerprint density at radius 2 is 2.00 bits per heavy atom. The molecule has 2 aromatic rings. The van der Waals surface area contributed by atoms with Crippen LogP contribution in [-0.2, 0) is 0 Å². The Bertz CT molecular complexity index is 550. The van der Waals surface area contributed by atoms with Gasteiger partial charge in [-0.05, 0) is 29.7 Å². The van der Waals surface area contributed by atoms with E-state index < -0.39 is 6.43 Å². The summed E-state index contributed by atoms with van der Waals surface area (Å²) in [6.07, 6.45) is 0.192. The van der Waals surface area contributed by atoms with Crippen LogP contribution in [0.25, 0.3) is 5.69 Å². The first-order valence-corrected chi connectivity index (χ1v) is 5.98. The monoisotopic (exact) mass is 270 g/mol. The molecule has 18 heavy (non-hydrogen) atoms. The van der Waals surface area contributed by atoms with Crippen molar-refractivity contribution in [2.75, 3.05) is 0 Å². The average Bonchev–Trinajstić information content (AvgIpc) is 2.78. The minimum absolute atomic E-state index is 0.223. The summed E-state index contributed by atoms with van der Waals surface area (Å²) in [5.74, 6) is 0.246. The summed E-state index contributed by atoms with van der Waals surface area (Å²) < 4.78 is 26.6. The summed E-state index contributed by atoms with van der Waals surface area (Å²) >= 11 is 5.96. The predicted molar refractivity (Wildman–Crippen MR) is 67.6 cm³/mol. The van der Waals surface area contributed by atoms with Gasteiger partial charge in [0, 0.05) is 11.2 Å². The van der Waals surface area contributed by atoms with Crippen LogP contribution in [0.15, 0.2) is 30.7 Å². The quantitative estimate of drug-likeness (QED) is 0.798. The van der Waals surface area contributed by atoms with Crippen molar-refractivity contribution in [3.8, 4) is 5.69 Å². The normalized spacial score (nSPS) is 11.5. The molecule has 0 bridgehead atoms. The van der Waals surface area contributed by atoms with Gasteiger partial charge in [-0.2, -0.15) is 0 Å². The first kappa shape index (κ1) is 13.0. The molecule has 0 aliphatic carbocycles. The Morgan fingerprint density at radius 1 is 1.28 bits per heavy atom. The number of hydrogen-bond acceptors (Lipinski definition) is 1. The number of imidazole rings is 1. The standard InChI is InChI=1S/C13H13ClF2N2/c1-8(2)10-5-9(14)3-4-12(10)18-6-11(13(15)16)17-7-18/h3-8,13H,1-2H3. The van der Waals surface area contributed by atoms with Crippen LogP contribution in [0.3, 0.4) is 0 Å². The molecule has 0 unspecified atom stereocenters. The first-order valence-electron chi connectivity index (χ1n) is 5.61. The molecule has 0 saturated heterocycles. The van der Waals surface area contributed by atoms with Crippen LogP contribution in [0.1, 0.15) is 37.4 Å². The number of rotatable bonds is 3. The molecule has 0 aliphatic heterocycles. The molecule has 0 amide bonds. The SMILES string of the molecule is CC(C)c1cc(Cl)ccc1-n1cnc(C(F)F)c1. The lowest BCUT2D eigenvalue weighted by atomic mass is 10.0. The van der Waals surface area contributed by atoms with Crippen molar-refractivity contribution in [2.45, 2.75) is 26.2 Å². The predicted octanol–water partition coefficient (Wildman–Crippen LogP) is 4.59. The molecule has 0 radical (unpaired) electrons. The van der Waals surface area contributed by atoms with Gasteiger partial charge in [-0.15, -0.1) is 0 Å². The molecule has 0 fully saturated rings. The Labute approximate surface area is 109 Å². The van der Waals surface area contributed by atoms with E-state index in [1.807, 2.05) is 26.0 Å². The molecule has 1 aromatic heterocycles. The molecule has 96 valence electrons. The van der Waals surface area contributed by atoms with Gasteiger partial charge < -0.3 is 4.57 Å². The van der Waals surface area contributed by atoms with Gasteiger partial charge in [-0.3, -0.25) is 0 Å². The third kappa shape index (κ3) is 2.53. The third-order valence-electron chi connectivity index (χ3n) is 2.72. The second kappa shape index (κ2) is 5.06. The molecule has 0 N–H and O–H groups in total. The Kier molecular flexibility index (Phi) is 3.66. The second-order valence-corrected chi connectivity index (χ2v) is 4.80. The largest absolute Gasteiger partial charge is 0.306 e. The average molecular weight is 271 g/mol. The third-order valence-corrected chi connectivity index (χ3v) is 2.95. The Balaban J connectivity index is 2.49. The first-order chi connectivity index (χ1) is 8.49. The van der Waals surface area contributed by atoms with E-state index in [0.717, 1.165) is 11.3 Å². The van der Waals surface area contributed by atoms with Crippen molar-refractivity contribution in [3.05, 3.63) is 47.0 Å². The van der Waals surface area contributed by atoms with E-state index >= 15 is 0 Å². The highest BCUT2D eigenvalue weighted by Crippen LogP contribution is 2.27. The molecule has 0 aliphatic rings. The second-order valence-electron chi connectivity index (χ2n) is 4.36. The number of benzene rings is 1. The number of alkyl halides is 2. The molecule has 1 aromatic carbocycles. The lowest BCUT2D eigenvalue weighted by molar-refractivity contribution is 0.146. The maximum Gasteiger partial charge on any atom is 0.281 e. The molecule has 0 spiro atoms. The maximum atomic E-state index is 12.5. The molecular weight excluding hydrogens is 258 g/mol. The van der Waals surface area contributed by atoms with Crippen molar-refractivity contribution in [1.29, 1.82) is 0 Å². The van der Waals surface area contributed by atoms with Crippen molar-refractivity contribution in [2.24, 2.45) is 0 Å². The highest BCUT2D eigenvalue weighted by molar-refractivity contribution is 6.30. The fourth-order valence-corrected chi connectivity index (χ4v) is 1.99. The molecular formula is C13H13ClF2N2. The summed E-state index contributed by atoms with van der Waals surface area (Å²) in [4.78, 5) is 3.69. The van der Waals surface area contributed by atoms with Crippen LogP contribution in [0.5, 0.6) is 0 Å². The van der Waals surface area contributed by atoms with Crippen LogP contribution in [-0.4, -0.2) is 9.55 Å². The molecule has 1 heterocycles. The van der Waals surface area contributed by atoms with E-state index in [1.54, 1.807) is 10.6 Å². The van der Waals surface area contributed by atoms with Gasteiger partial charge in [0.2, 0.25) is 0 Å². The van der Waals surface area contributed by atoms with Gasteiger partial charge in [-0.25, -0.2) is 13.8 Å². The van der Waals surface area contributed by atoms with E-state index in [4.69, 9.17) is 11.6 Å². The molecule has 2 nitrogen and oxygen atoms in total. The summed E-state index contributed by atoms with van der Waals surface area (Å²) in [6, 6.07) is 5.41. The van der Waals surface area contributed by atoms with Crippen LogP contribution < -0.4 is 0 Å². The van der Waals surface area contributed by atoms with E-state index in [1.165, 1.54) is 12.5 Å². The van der Waals surface area contributed by atoms with E-state index in [9.17, 15) is 8.78 Å². The van der Waals surface area contributed by atoms with Gasteiger partial charge in [0.15, 0.2) is 0 Å². The van der Waals surface area contributed by atoms with E-state index in [2.05, 4.69) is 4.98 Å². The molecule has 0 atom stereocenters. The zero-order valence-corrected chi connectivity index (χ0v) is 10.8. The van der Waals surface area contributed by atoms with Gasteiger partial charge in [0.05, 0.1) is 12.0 Å². The lowest BCUT2D eigenvalue weighted by Gasteiger charge is -2.13. The summed E-state index contributed by atoms with van der Waals surface area (Å²) in [6.45, 7) is 4.06. The smallest absolute Gasteiger partial charge is 0.281 e. The number of nitrogens with zero attached hydrogens (tertiary/aromatic N) is 2. The van der Waals surface area contributed by atoms with E-state index in [-0.39, 0.29) is 11.6 Å². The van der Waals surface area contributed by atoms with Crippen LogP contribution in [0.4, 0.5) is 8.78 Å². The Hall–Kier alpha value is -1.42. The van der Waals surface area contributed by atoms with Gasteiger partial charge in [0.1, 0.15) is 5.69 Å². The molecule has 5 heteroatoms. The topological polar surface area (TPSA) is 17.8 Å². The van der Waals surface area contributed by atoms with Crippen molar-refractivity contribution in [1.82, 2.24) is 9.55 Å². The van der Waals surface area contributed by atoms with Gasteiger partial charge >= 0.3 is 0 Å². The minimum Gasteiger partial charge on any atom is -0.306 e. The number of halogens is 3. The lowest BCUT2D eigenvalue weighted by Crippen LogP contribution is -1.99. The van der Waals surface area contributed by atoms with Crippen molar-refractivity contribution >= 4 is 11.6 Å². The fourth-order valence-electron chi connectivity index (χ4n) is 1.81. The molecule has 0 saturated carbocycles. The van der Waals surface area contributed by atoms with Crippen LogP contribution in [0.2, 0.25) is 5.02 Å². The van der Waals surface area contributed by atoms with E-state index in [0.29, 0.717) is 5.02 Å². The minimum atomic E-state index is -2.55. The summed E-state index contributed by atoms with van der Waals surface area (Å²) in [7, 11) is 0. The highest BCUT2D eigenvalue weighted by Gasteiger charge is 2.14. The summed E-state index contributed by atoms with van der Waals surface area (Å²) in [5.41, 5.74) is 1.61. The van der Waals surface area contributed by atoms with Gasteiger partial charge in [-0.1, -0.05) is 25.4 Å². The Morgan fingerprint density at radius 3 is 2.56 bits per heavy atom. The number of aromatic nitrogens is 2.